The van der Waals surface area contributed by atoms with Gasteiger partial charge in [0, 0.05) is 38.3 Å². The molecule has 30 heavy (non-hydrogen) atoms. The van der Waals surface area contributed by atoms with Crippen molar-refractivity contribution in [2.75, 3.05) is 31.5 Å². The molecule has 2 heterocycles. The Bertz CT molecular complexity index is 710. The van der Waals surface area contributed by atoms with E-state index < -0.39 is 0 Å². The highest BCUT2D eigenvalue weighted by Gasteiger charge is 2.36. The minimum absolute atomic E-state index is 0.0888. The molecule has 0 atom stereocenters. The van der Waals surface area contributed by atoms with Crippen LogP contribution in [0.1, 0.15) is 59.3 Å². The number of carbonyl (C=O) groups excluding carboxylic acids is 2. The fourth-order valence-corrected chi connectivity index (χ4v) is 5.45. The van der Waals surface area contributed by atoms with Gasteiger partial charge in [0.1, 0.15) is 4.34 Å². The second-order valence-electron chi connectivity index (χ2n) is 8.39. The Morgan fingerprint density at radius 3 is 2.27 bits per heavy atom. The number of aromatic nitrogens is 1. The first-order chi connectivity index (χ1) is 14.4. The summed E-state index contributed by atoms with van der Waals surface area (Å²) in [6.45, 7) is 9.13. The minimum Gasteiger partial charge on any atom is -0.325 e. The molecule has 2 aliphatic rings. The zero-order chi connectivity index (χ0) is 21.7. The average molecular weight is 456 g/mol. The number of urea groups is 2. The van der Waals surface area contributed by atoms with E-state index in [-0.39, 0.29) is 24.1 Å². The monoisotopic (exact) mass is 455 g/mol. The van der Waals surface area contributed by atoms with Crippen LogP contribution in [0.3, 0.4) is 0 Å². The molecule has 1 saturated heterocycles. The van der Waals surface area contributed by atoms with Gasteiger partial charge < -0.3 is 14.7 Å². The predicted molar refractivity (Wildman–Crippen MR) is 122 cm³/mol. The molecule has 0 unspecified atom stereocenters. The molecule has 1 aromatic rings. The topological polar surface area (TPSA) is 68.8 Å². The number of thiazole rings is 1. The van der Waals surface area contributed by atoms with E-state index in [0.29, 0.717) is 22.6 Å². The number of anilines is 1. The number of rotatable bonds is 5. The Balaban J connectivity index is 1.68. The molecule has 3 rings (SSSR count). The van der Waals surface area contributed by atoms with Crippen LogP contribution >= 0.6 is 22.9 Å². The van der Waals surface area contributed by atoms with Gasteiger partial charge in [0.2, 0.25) is 0 Å². The van der Waals surface area contributed by atoms with E-state index in [2.05, 4.69) is 22.1 Å². The van der Waals surface area contributed by atoms with Gasteiger partial charge in [-0.1, -0.05) is 29.9 Å². The quantitative estimate of drug-likeness (QED) is 0.668. The number of hydrogen-bond donors (Lipinski definition) is 1. The van der Waals surface area contributed by atoms with Crippen molar-refractivity contribution >= 4 is 40.1 Å². The lowest BCUT2D eigenvalue weighted by atomic mass is 9.85. The zero-order valence-electron chi connectivity index (χ0n) is 18.3. The highest BCUT2D eigenvalue weighted by Crippen LogP contribution is 2.32. The van der Waals surface area contributed by atoms with Crippen molar-refractivity contribution in [1.82, 2.24) is 19.7 Å². The standard InChI is InChI=1S/C21H34ClN5O2S/c1-4-25(5-2)21(29)26-12-10-17(11-13-26)27(16-8-6-15(3)7-9-16)20(28)24-19-23-14-18(22)30-19/h14-17H,4-13H2,1-3H3,(H,23,24,28). The van der Waals surface area contributed by atoms with Crippen molar-refractivity contribution in [3.63, 3.8) is 0 Å². The van der Waals surface area contributed by atoms with E-state index >= 15 is 0 Å². The summed E-state index contributed by atoms with van der Waals surface area (Å²) < 4.78 is 0.562. The molecule has 1 N–H and O–H groups in total. The van der Waals surface area contributed by atoms with Crippen molar-refractivity contribution < 1.29 is 9.59 Å². The average Bonchev–Trinajstić information content (AvgIpc) is 3.15. The second kappa shape index (κ2) is 10.7. The summed E-state index contributed by atoms with van der Waals surface area (Å²) in [6, 6.07) is 0.402. The predicted octanol–water partition coefficient (Wildman–Crippen LogP) is 5.14. The number of carbonyl (C=O) groups is 2. The Hall–Kier alpha value is -1.54. The van der Waals surface area contributed by atoms with Crippen molar-refractivity contribution in [1.29, 1.82) is 0 Å². The van der Waals surface area contributed by atoms with E-state index in [4.69, 9.17) is 11.6 Å². The molecular weight excluding hydrogens is 422 g/mol. The van der Waals surface area contributed by atoms with Gasteiger partial charge in [-0.05, 0) is 58.3 Å². The summed E-state index contributed by atoms with van der Waals surface area (Å²) >= 11 is 7.26. The van der Waals surface area contributed by atoms with Gasteiger partial charge in [0.25, 0.3) is 0 Å². The number of amides is 4. The van der Waals surface area contributed by atoms with Crippen molar-refractivity contribution in [3.05, 3.63) is 10.5 Å². The molecule has 1 saturated carbocycles. The summed E-state index contributed by atoms with van der Waals surface area (Å²) in [5, 5.41) is 3.50. The van der Waals surface area contributed by atoms with E-state index in [9.17, 15) is 9.59 Å². The molecule has 1 aliphatic carbocycles. The van der Waals surface area contributed by atoms with Crippen LogP contribution in [-0.2, 0) is 0 Å². The molecule has 1 aromatic heterocycles. The molecule has 2 fully saturated rings. The largest absolute Gasteiger partial charge is 0.325 e. The maximum Gasteiger partial charge on any atom is 0.324 e. The molecule has 1 aliphatic heterocycles. The molecule has 9 heteroatoms. The third-order valence-electron chi connectivity index (χ3n) is 6.47. The molecule has 4 amide bonds. The first kappa shape index (κ1) is 23.1. The zero-order valence-corrected chi connectivity index (χ0v) is 19.8. The highest BCUT2D eigenvalue weighted by atomic mass is 35.5. The van der Waals surface area contributed by atoms with Crippen molar-refractivity contribution in [3.8, 4) is 0 Å². The summed E-state index contributed by atoms with van der Waals surface area (Å²) in [5.74, 6) is 0.720. The highest BCUT2D eigenvalue weighted by molar-refractivity contribution is 7.19. The van der Waals surface area contributed by atoms with Gasteiger partial charge in [0.15, 0.2) is 5.13 Å². The molecule has 0 aromatic carbocycles. The number of hydrogen-bond acceptors (Lipinski definition) is 4. The lowest BCUT2D eigenvalue weighted by Crippen LogP contribution is -2.55. The Labute approximate surface area is 188 Å². The molecule has 7 nitrogen and oxygen atoms in total. The van der Waals surface area contributed by atoms with Gasteiger partial charge in [0.05, 0.1) is 6.20 Å². The first-order valence-electron chi connectivity index (χ1n) is 11.2. The van der Waals surface area contributed by atoms with Crippen LogP contribution in [0.25, 0.3) is 0 Å². The molecular formula is C21H34ClN5O2S. The number of nitrogens with zero attached hydrogens (tertiary/aromatic N) is 4. The fraction of sp³-hybridized carbons (Fsp3) is 0.762. The van der Waals surface area contributed by atoms with E-state index in [1.54, 1.807) is 6.20 Å². The van der Waals surface area contributed by atoms with E-state index in [0.717, 1.165) is 57.5 Å². The third kappa shape index (κ3) is 5.58. The third-order valence-corrected chi connectivity index (χ3v) is 7.50. The fourth-order valence-electron chi connectivity index (χ4n) is 4.65. The van der Waals surface area contributed by atoms with E-state index in [1.807, 2.05) is 23.6 Å². The van der Waals surface area contributed by atoms with Crippen LogP contribution in [-0.4, -0.2) is 70.0 Å². The lowest BCUT2D eigenvalue weighted by molar-refractivity contribution is 0.0818. The van der Waals surface area contributed by atoms with Crippen LogP contribution in [0.15, 0.2) is 6.20 Å². The lowest BCUT2D eigenvalue weighted by Gasteiger charge is -2.44. The van der Waals surface area contributed by atoms with Crippen LogP contribution in [0.2, 0.25) is 4.34 Å². The summed E-state index contributed by atoms with van der Waals surface area (Å²) in [4.78, 5) is 36.0. The van der Waals surface area contributed by atoms with Crippen LogP contribution in [0.4, 0.5) is 14.7 Å². The minimum atomic E-state index is -0.0888. The van der Waals surface area contributed by atoms with Crippen molar-refractivity contribution in [2.24, 2.45) is 5.92 Å². The van der Waals surface area contributed by atoms with E-state index in [1.165, 1.54) is 11.3 Å². The summed E-state index contributed by atoms with van der Waals surface area (Å²) in [5.41, 5.74) is 0. The second-order valence-corrected chi connectivity index (χ2v) is 10.1. The van der Waals surface area contributed by atoms with Gasteiger partial charge in [-0.15, -0.1) is 0 Å². The number of likely N-dealkylation sites (tertiary alicyclic amines) is 1. The summed E-state index contributed by atoms with van der Waals surface area (Å²) in [6.07, 6.45) is 7.55. The molecule has 0 spiro atoms. The Kier molecular flexibility index (Phi) is 8.22. The first-order valence-corrected chi connectivity index (χ1v) is 12.4. The smallest absolute Gasteiger partial charge is 0.324 e. The van der Waals surface area contributed by atoms with Crippen LogP contribution in [0.5, 0.6) is 0 Å². The summed E-state index contributed by atoms with van der Waals surface area (Å²) in [7, 11) is 0. The molecule has 168 valence electrons. The van der Waals surface area contributed by atoms with Crippen LogP contribution < -0.4 is 5.32 Å². The number of nitrogens with one attached hydrogen (secondary N) is 1. The number of piperidine rings is 1. The number of halogens is 1. The van der Waals surface area contributed by atoms with Gasteiger partial charge in [-0.3, -0.25) is 5.32 Å². The maximum absolute atomic E-state index is 13.3. The normalized spacial score (nSPS) is 22.6. The maximum atomic E-state index is 13.3. The van der Waals surface area contributed by atoms with Crippen molar-refractivity contribution in [2.45, 2.75) is 71.4 Å². The Morgan fingerprint density at radius 1 is 1.13 bits per heavy atom. The SMILES string of the molecule is CCN(CC)C(=O)N1CCC(N(C(=O)Nc2ncc(Cl)s2)C2CCC(C)CC2)CC1. The molecule has 0 bridgehead atoms. The van der Waals surface area contributed by atoms with Gasteiger partial charge in [-0.25, -0.2) is 14.6 Å². The Morgan fingerprint density at radius 2 is 1.73 bits per heavy atom. The van der Waals surface area contributed by atoms with Gasteiger partial charge >= 0.3 is 12.1 Å². The van der Waals surface area contributed by atoms with Gasteiger partial charge in [-0.2, -0.15) is 0 Å². The molecule has 0 radical (unpaired) electrons. The van der Waals surface area contributed by atoms with Crippen LogP contribution in [0, 0.1) is 5.92 Å².